The molecule has 5 aliphatic heterocycles. The van der Waals surface area contributed by atoms with E-state index < -0.39 is 42.0 Å². The number of halogens is 2. The summed E-state index contributed by atoms with van der Waals surface area (Å²) in [5, 5.41) is 22.0. The largest absolute Gasteiger partial charge is 0.391 e. The number of aromatic nitrogens is 3. The summed E-state index contributed by atoms with van der Waals surface area (Å²) >= 11 is 1.62. The quantitative estimate of drug-likeness (QED) is 0.188. The predicted molar refractivity (Wildman–Crippen MR) is 264 cm³/mol. The number of allylic oxidation sites excluding steroid dienone is 3. The van der Waals surface area contributed by atoms with Crippen LogP contribution in [0, 0.1) is 18.3 Å². The van der Waals surface area contributed by atoms with Gasteiger partial charge in [-0.1, -0.05) is 51.5 Å². The van der Waals surface area contributed by atoms with Crippen molar-refractivity contribution in [2.75, 3.05) is 57.4 Å². The molecule has 15 nitrogen and oxygen atoms in total. The van der Waals surface area contributed by atoms with E-state index in [1.54, 1.807) is 29.2 Å². The summed E-state index contributed by atoms with van der Waals surface area (Å²) in [5.41, 5.74) is 8.79. The van der Waals surface area contributed by atoms with Crippen molar-refractivity contribution in [3.05, 3.63) is 73.9 Å². The molecule has 2 aromatic heterocycles. The fourth-order valence-electron chi connectivity index (χ4n) is 11.6. The van der Waals surface area contributed by atoms with Gasteiger partial charge in [-0.25, -0.2) is 18.6 Å². The molecule has 4 atom stereocenters. The van der Waals surface area contributed by atoms with Crippen LogP contribution < -0.4 is 15.5 Å². The van der Waals surface area contributed by atoms with E-state index in [9.17, 15) is 24.3 Å². The molecule has 5 amide bonds. The van der Waals surface area contributed by atoms with Gasteiger partial charge in [0.15, 0.2) is 5.82 Å². The van der Waals surface area contributed by atoms with Gasteiger partial charge in [0.1, 0.15) is 12.1 Å². The molecule has 3 N–H and O–H groups in total. The smallest absolute Gasteiger partial charge is 0.318 e. The number of alkyl halides is 2. The number of nitrogens with zero attached hydrogens (tertiary/aromatic N) is 7. The maximum absolute atomic E-state index is 15.3. The summed E-state index contributed by atoms with van der Waals surface area (Å²) in [4.78, 5) is 67.4. The molecule has 70 heavy (non-hydrogen) atoms. The van der Waals surface area contributed by atoms with Gasteiger partial charge >= 0.3 is 6.03 Å². The molecule has 0 spiro atoms. The van der Waals surface area contributed by atoms with Crippen LogP contribution in [0.1, 0.15) is 136 Å². The summed E-state index contributed by atoms with van der Waals surface area (Å²) in [7, 11) is 0. The highest BCUT2D eigenvalue weighted by Gasteiger charge is 2.45. The summed E-state index contributed by atoms with van der Waals surface area (Å²) in [6, 6.07) is 1.45. The molecule has 0 bridgehead atoms. The number of piperidine rings is 1. The lowest BCUT2D eigenvalue weighted by Gasteiger charge is -2.38. The zero-order valence-corrected chi connectivity index (χ0v) is 42.3. The Hall–Kier alpha value is -5.20. The Morgan fingerprint density at radius 3 is 2.43 bits per heavy atom. The van der Waals surface area contributed by atoms with Crippen molar-refractivity contribution >= 4 is 52.2 Å². The molecule has 7 heterocycles. The summed E-state index contributed by atoms with van der Waals surface area (Å²) in [6.45, 7) is 15.2. The number of likely N-dealkylation sites (tertiary alicyclic amines) is 2. The third-order valence-corrected chi connectivity index (χ3v) is 16.5. The van der Waals surface area contributed by atoms with Crippen molar-refractivity contribution in [3.8, 4) is 0 Å². The van der Waals surface area contributed by atoms with Crippen molar-refractivity contribution in [3.63, 3.8) is 0 Å². The second-order valence-electron chi connectivity index (χ2n) is 21.3. The van der Waals surface area contributed by atoms with Gasteiger partial charge in [0, 0.05) is 94.8 Å². The van der Waals surface area contributed by atoms with Crippen molar-refractivity contribution in [2.24, 2.45) is 11.3 Å². The van der Waals surface area contributed by atoms with Crippen LogP contribution in [0.4, 0.5) is 25.1 Å². The number of anilines is 2. The van der Waals surface area contributed by atoms with Crippen LogP contribution in [0.5, 0.6) is 0 Å². The second kappa shape index (κ2) is 20.5. The summed E-state index contributed by atoms with van der Waals surface area (Å²) in [5.74, 6) is -0.0264. The maximum Gasteiger partial charge on any atom is 0.318 e. The van der Waals surface area contributed by atoms with Crippen LogP contribution in [-0.2, 0) is 38.5 Å². The molecule has 9 rings (SSSR count). The molecule has 1 aromatic carbocycles. The number of nitrogens with one attached hydrogen (secondary N) is 2. The number of benzene rings is 1. The molecule has 3 fully saturated rings. The van der Waals surface area contributed by atoms with Gasteiger partial charge in [-0.2, -0.15) is 5.10 Å². The fraction of sp³-hybridized carbons (Fsp3) is 0.615. The Kier molecular flexibility index (Phi) is 14.6. The molecule has 18 heteroatoms. The van der Waals surface area contributed by atoms with Crippen LogP contribution >= 0.6 is 11.3 Å². The highest BCUT2D eigenvalue weighted by Crippen LogP contribution is 2.45. The molecule has 0 saturated carbocycles. The van der Waals surface area contributed by atoms with E-state index in [1.165, 1.54) is 15.4 Å². The molecule has 3 aromatic rings. The van der Waals surface area contributed by atoms with Crippen molar-refractivity contribution in [1.82, 2.24) is 40.1 Å². The number of hydrogen-bond donors (Lipinski definition) is 3. The number of aliphatic hydroxyl groups is 1. The Bertz CT molecular complexity index is 2540. The lowest BCUT2D eigenvalue weighted by Crippen LogP contribution is -2.60. The number of aryl methyl sites for hydroxylation is 2. The first-order valence-electron chi connectivity index (χ1n) is 25.2. The number of carbonyl (C=O) groups is 4. The number of carbonyl (C=O) groups excluding carboxylic acids is 4. The van der Waals surface area contributed by atoms with Crippen molar-refractivity contribution < 1.29 is 37.8 Å². The zero-order chi connectivity index (χ0) is 49.6. The molecular formula is C52H69F2N9O6S. The first-order valence-corrected chi connectivity index (χ1v) is 26.1. The van der Waals surface area contributed by atoms with E-state index in [2.05, 4.69) is 38.2 Å². The molecular weight excluding hydrogens is 917 g/mol. The van der Waals surface area contributed by atoms with Crippen molar-refractivity contribution in [2.45, 2.75) is 142 Å². The molecule has 378 valence electrons. The average molecular weight is 986 g/mol. The van der Waals surface area contributed by atoms with E-state index in [0.717, 1.165) is 71.7 Å². The van der Waals surface area contributed by atoms with Gasteiger partial charge in [-0.05, 0) is 91.9 Å². The molecule has 1 aliphatic carbocycles. The number of rotatable bonds is 10. The molecule has 3 saturated heterocycles. The summed E-state index contributed by atoms with van der Waals surface area (Å²) < 4.78 is 38.3. The first kappa shape index (κ1) is 49.8. The highest BCUT2D eigenvalue weighted by molar-refractivity contribution is 7.11. The SMILES string of the molecule is CC(=O)N1CCc2c(c(N3CCCc4cc(C5CCN(C(=O)N[C@H](C(=O)N6C[C@H](O)C[C@H]6C(=O)NCC6=CC=C(c7scnc7C)C(C)C6)C(C)(C)C)CC5)c(C(F)F)cc43)nn2C2CCOCC2)C1. The number of hydrogen-bond acceptors (Lipinski definition) is 10. The molecule has 6 aliphatic rings. The number of aliphatic hydroxyl groups excluding tert-OH is 1. The third kappa shape index (κ3) is 10.1. The lowest BCUT2D eigenvalue weighted by molar-refractivity contribution is -0.142. The van der Waals surface area contributed by atoms with Crippen molar-refractivity contribution in [1.29, 1.82) is 0 Å². The number of ether oxygens (including phenoxy) is 1. The first-order chi connectivity index (χ1) is 33.5. The minimum atomic E-state index is -2.72. The average Bonchev–Trinajstić information content (AvgIpc) is 4.07. The van der Waals surface area contributed by atoms with Crippen LogP contribution in [0.15, 0.2) is 35.4 Å². The van der Waals surface area contributed by atoms with Crippen LogP contribution in [0.2, 0.25) is 0 Å². The molecule has 1 unspecified atom stereocenters. The van der Waals surface area contributed by atoms with Gasteiger partial charge in [0.2, 0.25) is 17.7 Å². The Balaban J connectivity index is 0.865. The summed E-state index contributed by atoms with van der Waals surface area (Å²) in [6.07, 6.45) is 6.20. The number of urea groups is 1. The van der Waals surface area contributed by atoms with Crippen LogP contribution in [0.25, 0.3) is 5.57 Å². The van der Waals surface area contributed by atoms with E-state index >= 15 is 8.78 Å². The number of thiazole rings is 1. The Morgan fingerprint density at radius 2 is 1.76 bits per heavy atom. The van der Waals surface area contributed by atoms with E-state index in [1.807, 2.05) is 50.2 Å². The van der Waals surface area contributed by atoms with E-state index in [0.29, 0.717) is 77.3 Å². The monoisotopic (exact) mass is 986 g/mol. The fourth-order valence-corrected chi connectivity index (χ4v) is 12.5. The second-order valence-corrected chi connectivity index (χ2v) is 22.2. The van der Waals surface area contributed by atoms with Gasteiger partial charge in [0.25, 0.3) is 6.43 Å². The lowest BCUT2D eigenvalue weighted by atomic mass is 9.83. The van der Waals surface area contributed by atoms with E-state index in [-0.39, 0.29) is 48.2 Å². The maximum atomic E-state index is 15.3. The van der Waals surface area contributed by atoms with Gasteiger partial charge in [0.05, 0.1) is 34.8 Å². The Labute approximate surface area is 413 Å². The van der Waals surface area contributed by atoms with E-state index in [4.69, 9.17) is 9.84 Å². The van der Waals surface area contributed by atoms with Gasteiger partial charge < -0.3 is 40.1 Å². The van der Waals surface area contributed by atoms with Gasteiger partial charge in [-0.15, -0.1) is 11.3 Å². The van der Waals surface area contributed by atoms with Crippen LogP contribution in [0.3, 0.4) is 0 Å². The number of fused-ring (bicyclic) bond motifs is 2. The normalized spacial score (nSPS) is 22.9. The highest BCUT2D eigenvalue weighted by atomic mass is 32.1. The third-order valence-electron chi connectivity index (χ3n) is 15.5. The minimum absolute atomic E-state index is 0.00317. The topological polar surface area (TPSA) is 165 Å². The Morgan fingerprint density at radius 1 is 1.00 bits per heavy atom. The van der Waals surface area contributed by atoms with Gasteiger partial charge in [-0.3, -0.25) is 19.1 Å². The van der Waals surface area contributed by atoms with Crippen LogP contribution in [-0.4, -0.2) is 129 Å². The predicted octanol–water partition coefficient (Wildman–Crippen LogP) is 7.36. The minimum Gasteiger partial charge on any atom is -0.391 e. The number of β-amino-alcohol motifs (C(OH)–C–C–N with tert-alkyl or cyclic N) is 1. The zero-order valence-electron chi connectivity index (χ0n) is 41.4. The standard InChI is InChI=1S/C52H69F2N9O6S/c1-30-22-33(9-10-38(30)45-31(2)56-29-70-45)26-55-49(66)44-24-37(65)27-62(44)50(67)46(52(4,5)6)57-51(68)59-17-11-34(12-18-59)39-23-35-8-7-16-61(43(35)25-40(39)47(53)54)48-41-28-60(32(3)64)19-13-42(41)63(58-48)36-14-20-69-21-15-36/h9-10,23,25,29-30,34,36-37,44,46-47,65H,7-8,11-22,24,26-28H2,1-6H3,(H,55,66)(H,57,68)/t30?,37-,44+,46-/m1/s1. The molecule has 0 radical (unpaired) electrons. The number of amides is 5.